The SMILES string of the molecule is CCNCc1nn(-c2ccc(OCC)cc2)c(=O)cc1O. The summed E-state index contributed by atoms with van der Waals surface area (Å²) in [5.74, 6) is 0.643. The van der Waals surface area contributed by atoms with Crippen LogP contribution >= 0.6 is 0 Å². The molecule has 0 bridgehead atoms. The van der Waals surface area contributed by atoms with Crippen LogP contribution in [0.3, 0.4) is 0 Å². The molecule has 0 aliphatic carbocycles. The molecular weight excluding hydrogens is 270 g/mol. The van der Waals surface area contributed by atoms with Gasteiger partial charge in [0.05, 0.1) is 12.3 Å². The molecule has 1 heterocycles. The predicted octanol–water partition coefficient (Wildman–Crippen LogP) is 1.45. The first-order chi connectivity index (χ1) is 10.2. The van der Waals surface area contributed by atoms with Crippen LogP contribution in [-0.2, 0) is 6.54 Å². The van der Waals surface area contributed by atoms with E-state index in [4.69, 9.17) is 4.74 Å². The molecule has 0 aliphatic heterocycles. The van der Waals surface area contributed by atoms with Crippen LogP contribution in [0.15, 0.2) is 35.1 Å². The van der Waals surface area contributed by atoms with Gasteiger partial charge in [-0.15, -0.1) is 0 Å². The zero-order valence-electron chi connectivity index (χ0n) is 12.2. The number of benzene rings is 1. The molecule has 2 aromatic rings. The van der Waals surface area contributed by atoms with Gasteiger partial charge in [-0.05, 0) is 37.7 Å². The summed E-state index contributed by atoms with van der Waals surface area (Å²) in [5, 5.41) is 17.0. The lowest BCUT2D eigenvalue weighted by molar-refractivity contribution is 0.340. The second kappa shape index (κ2) is 6.90. The van der Waals surface area contributed by atoms with Gasteiger partial charge < -0.3 is 15.2 Å². The molecule has 0 saturated carbocycles. The lowest BCUT2D eigenvalue weighted by atomic mass is 10.3. The average Bonchev–Trinajstić information content (AvgIpc) is 2.48. The molecule has 112 valence electrons. The van der Waals surface area contributed by atoms with Crippen molar-refractivity contribution in [2.75, 3.05) is 13.2 Å². The summed E-state index contributed by atoms with van der Waals surface area (Å²) in [6.45, 7) is 5.61. The molecule has 6 heteroatoms. The van der Waals surface area contributed by atoms with Crippen molar-refractivity contribution < 1.29 is 9.84 Å². The first kappa shape index (κ1) is 15.1. The number of aromatic nitrogens is 2. The first-order valence-corrected chi connectivity index (χ1v) is 6.91. The highest BCUT2D eigenvalue weighted by Gasteiger charge is 2.09. The summed E-state index contributed by atoms with van der Waals surface area (Å²) in [6, 6.07) is 8.25. The first-order valence-electron chi connectivity index (χ1n) is 6.91. The van der Waals surface area contributed by atoms with Gasteiger partial charge in [-0.3, -0.25) is 4.79 Å². The number of rotatable bonds is 6. The van der Waals surface area contributed by atoms with Crippen LogP contribution in [0.25, 0.3) is 5.69 Å². The van der Waals surface area contributed by atoms with Crippen LogP contribution in [-0.4, -0.2) is 28.0 Å². The molecule has 0 aliphatic rings. The van der Waals surface area contributed by atoms with E-state index in [-0.39, 0.29) is 11.3 Å². The number of ether oxygens (including phenoxy) is 1. The molecule has 0 fully saturated rings. The molecule has 0 spiro atoms. The Kier molecular flexibility index (Phi) is 4.94. The Labute approximate surface area is 123 Å². The van der Waals surface area contributed by atoms with Gasteiger partial charge in [0.1, 0.15) is 17.2 Å². The van der Waals surface area contributed by atoms with E-state index >= 15 is 0 Å². The van der Waals surface area contributed by atoms with Crippen molar-refractivity contribution in [2.45, 2.75) is 20.4 Å². The molecule has 2 N–H and O–H groups in total. The summed E-state index contributed by atoms with van der Waals surface area (Å²) < 4.78 is 6.63. The summed E-state index contributed by atoms with van der Waals surface area (Å²) >= 11 is 0. The van der Waals surface area contributed by atoms with Crippen LogP contribution in [0.5, 0.6) is 11.5 Å². The lowest BCUT2D eigenvalue weighted by Crippen LogP contribution is -2.23. The van der Waals surface area contributed by atoms with Crippen LogP contribution < -0.4 is 15.6 Å². The van der Waals surface area contributed by atoms with Crippen molar-refractivity contribution >= 4 is 0 Å². The zero-order chi connectivity index (χ0) is 15.2. The molecule has 0 saturated heterocycles. The van der Waals surface area contributed by atoms with E-state index in [0.717, 1.165) is 12.3 Å². The minimum absolute atomic E-state index is 0.0943. The predicted molar refractivity (Wildman–Crippen MR) is 80.0 cm³/mol. The van der Waals surface area contributed by atoms with Crippen molar-refractivity contribution in [1.29, 1.82) is 0 Å². The van der Waals surface area contributed by atoms with Crippen LogP contribution in [0.1, 0.15) is 19.5 Å². The van der Waals surface area contributed by atoms with Crippen molar-refractivity contribution in [3.05, 3.63) is 46.4 Å². The third kappa shape index (κ3) is 3.61. The monoisotopic (exact) mass is 289 g/mol. The van der Waals surface area contributed by atoms with Gasteiger partial charge in [-0.2, -0.15) is 9.78 Å². The Morgan fingerprint density at radius 3 is 2.62 bits per heavy atom. The van der Waals surface area contributed by atoms with E-state index < -0.39 is 0 Å². The van der Waals surface area contributed by atoms with Gasteiger partial charge in [0.15, 0.2) is 0 Å². The summed E-state index contributed by atoms with van der Waals surface area (Å²) in [7, 11) is 0. The molecular formula is C15H19N3O3. The maximum Gasteiger partial charge on any atom is 0.275 e. The van der Waals surface area contributed by atoms with E-state index in [1.807, 2.05) is 13.8 Å². The maximum absolute atomic E-state index is 12.0. The number of hydrogen-bond donors (Lipinski definition) is 2. The van der Waals surface area contributed by atoms with Gasteiger partial charge in [0, 0.05) is 12.6 Å². The van der Waals surface area contributed by atoms with E-state index in [1.165, 1.54) is 10.7 Å². The lowest BCUT2D eigenvalue weighted by Gasteiger charge is -2.10. The van der Waals surface area contributed by atoms with Gasteiger partial charge in [0.25, 0.3) is 5.56 Å². The molecule has 2 rings (SSSR count). The molecule has 0 amide bonds. The Morgan fingerprint density at radius 2 is 2.00 bits per heavy atom. The van der Waals surface area contributed by atoms with Crippen molar-refractivity contribution in [3.8, 4) is 17.2 Å². The standard InChI is InChI=1S/C15H19N3O3/c1-3-16-10-13-14(19)9-15(20)18(17-13)11-5-7-12(8-6-11)21-4-2/h5-9,16,19H,3-4,10H2,1-2H3. The second-order valence-electron chi connectivity index (χ2n) is 4.43. The van der Waals surface area contributed by atoms with Crippen LogP contribution in [0.4, 0.5) is 0 Å². The number of aromatic hydroxyl groups is 1. The number of hydrogen-bond acceptors (Lipinski definition) is 5. The maximum atomic E-state index is 12.0. The molecule has 0 radical (unpaired) electrons. The van der Waals surface area contributed by atoms with Crippen LogP contribution in [0.2, 0.25) is 0 Å². The highest BCUT2D eigenvalue weighted by molar-refractivity contribution is 5.37. The van der Waals surface area contributed by atoms with E-state index in [2.05, 4.69) is 10.4 Å². The molecule has 6 nitrogen and oxygen atoms in total. The fraction of sp³-hybridized carbons (Fsp3) is 0.333. The van der Waals surface area contributed by atoms with Gasteiger partial charge in [0.2, 0.25) is 0 Å². The van der Waals surface area contributed by atoms with E-state index in [1.54, 1.807) is 24.3 Å². The largest absolute Gasteiger partial charge is 0.506 e. The highest BCUT2D eigenvalue weighted by Crippen LogP contribution is 2.16. The van der Waals surface area contributed by atoms with E-state index in [0.29, 0.717) is 24.5 Å². The minimum atomic E-state index is -0.378. The number of nitrogens with zero attached hydrogens (tertiary/aromatic N) is 2. The molecule has 1 aromatic heterocycles. The number of nitrogens with one attached hydrogen (secondary N) is 1. The summed E-state index contributed by atoms with van der Waals surface area (Å²) in [6.07, 6.45) is 0. The Balaban J connectivity index is 2.35. The van der Waals surface area contributed by atoms with Crippen molar-refractivity contribution in [1.82, 2.24) is 15.1 Å². The average molecular weight is 289 g/mol. The Hall–Kier alpha value is -2.34. The normalized spacial score (nSPS) is 10.6. The van der Waals surface area contributed by atoms with E-state index in [9.17, 15) is 9.90 Å². The second-order valence-corrected chi connectivity index (χ2v) is 4.43. The third-order valence-corrected chi connectivity index (χ3v) is 2.92. The Bertz CT molecular complexity index is 650. The molecule has 0 unspecified atom stereocenters. The molecule has 21 heavy (non-hydrogen) atoms. The third-order valence-electron chi connectivity index (χ3n) is 2.92. The van der Waals surface area contributed by atoms with Crippen molar-refractivity contribution in [2.24, 2.45) is 0 Å². The smallest absolute Gasteiger partial charge is 0.275 e. The Morgan fingerprint density at radius 1 is 1.29 bits per heavy atom. The van der Waals surface area contributed by atoms with Crippen LogP contribution in [0, 0.1) is 0 Å². The fourth-order valence-corrected chi connectivity index (χ4v) is 1.89. The topological polar surface area (TPSA) is 76.4 Å². The summed E-state index contributed by atoms with van der Waals surface area (Å²) in [4.78, 5) is 12.0. The van der Waals surface area contributed by atoms with Gasteiger partial charge in [-0.1, -0.05) is 6.92 Å². The van der Waals surface area contributed by atoms with Crippen molar-refractivity contribution in [3.63, 3.8) is 0 Å². The highest BCUT2D eigenvalue weighted by atomic mass is 16.5. The molecule has 1 aromatic carbocycles. The zero-order valence-corrected chi connectivity index (χ0v) is 12.2. The molecule has 0 atom stereocenters. The summed E-state index contributed by atoms with van der Waals surface area (Å²) in [5.41, 5.74) is 0.684. The van der Waals surface area contributed by atoms with Gasteiger partial charge in [-0.25, -0.2) is 0 Å². The van der Waals surface area contributed by atoms with Gasteiger partial charge >= 0.3 is 0 Å². The minimum Gasteiger partial charge on any atom is -0.506 e. The quantitative estimate of drug-likeness (QED) is 0.841. The fourth-order valence-electron chi connectivity index (χ4n) is 1.89.